The van der Waals surface area contributed by atoms with Crippen LogP contribution in [0.25, 0.3) is 0 Å². The van der Waals surface area contributed by atoms with Crippen LogP contribution in [0.15, 0.2) is 24.3 Å². The first-order valence-electron chi connectivity index (χ1n) is 6.16. The van der Waals surface area contributed by atoms with Gasteiger partial charge in [-0.1, -0.05) is 38.1 Å². The molecule has 1 unspecified atom stereocenters. The minimum absolute atomic E-state index is 0. The Kier molecular flexibility index (Phi) is 4.99. The van der Waals surface area contributed by atoms with Crippen molar-refractivity contribution in [3.63, 3.8) is 0 Å². The molecule has 2 N–H and O–H groups in total. The van der Waals surface area contributed by atoms with E-state index in [4.69, 9.17) is 0 Å². The third-order valence-corrected chi connectivity index (χ3v) is 3.36. The second-order valence-electron chi connectivity index (χ2n) is 5.08. The highest BCUT2D eigenvalue weighted by Gasteiger charge is 2.33. The predicted octanol–water partition coefficient (Wildman–Crippen LogP) is 2.63. The molecule has 2 nitrogen and oxygen atoms in total. The molecule has 0 radical (unpaired) electrons. The molecule has 0 saturated heterocycles. The number of aliphatic hydroxyl groups is 1. The Bertz CT molecular complexity index is 367. The Morgan fingerprint density at radius 1 is 1.35 bits per heavy atom. The van der Waals surface area contributed by atoms with Gasteiger partial charge >= 0.3 is 0 Å². The van der Waals surface area contributed by atoms with Crippen molar-refractivity contribution in [2.75, 3.05) is 6.54 Å². The van der Waals surface area contributed by atoms with E-state index in [1.165, 1.54) is 5.56 Å². The van der Waals surface area contributed by atoms with Crippen LogP contribution in [0.3, 0.4) is 0 Å². The fourth-order valence-corrected chi connectivity index (χ4v) is 2.45. The molecule has 2 rings (SSSR count). The minimum atomic E-state index is -0.668. The van der Waals surface area contributed by atoms with Crippen LogP contribution >= 0.6 is 12.4 Å². The first-order chi connectivity index (χ1) is 7.62. The van der Waals surface area contributed by atoms with Crippen molar-refractivity contribution in [3.8, 4) is 0 Å². The third kappa shape index (κ3) is 3.21. The lowest BCUT2D eigenvalue weighted by atomic mass is 9.79. The Labute approximate surface area is 110 Å². The summed E-state index contributed by atoms with van der Waals surface area (Å²) in [5, 5.41) is 14.1. The highest BCUT2D eigenvalue weighted by molar-refractivity contribution is 5.85. The summed E-state index contributed by atoms with van der Waals surface area (Å²) in [6.45, 7) is 4.87. The molecule has 3 heteroatoms. The molecule has 0 spiro atoms. The van der Waals surface area contributed by atoms with Crippen LogP contribution in [-0.4, -0.2) is 17.7 Å². The van der Waals surface area contributed by atoms with E-state index in [0.717, 1.165) is 24.8 Å². The highest BCUT2D eigenvalue weighted by atomic mass is 35.5. The maximum atomic E-state index is 10.7. The summed E-state index contributed by atoms with van der Waals surface area (Å²) in [6.07, 6.45) is 3.04. The molecule has 1 aliphatic rings. The predicted molar refractivity (Wildman–Crippen MR) is 73.7 cm³/mol. The Balaban J connectivity index is 0.00000144. The van der Waals surface area contributed by atoms with E-state index in [2.05, 4.69) is 37.4 Å². The fraction of sp³-hybridized carbons (Fsp3) is 0.571. The van der Waals surface area contributed by atoms with Crippen LogP contribution in [0.1, 0.15) is 37.8 Å². The number of hydrogen-bond acceptors (Lipinski definition) is 2. The normalized spacial score (nSPS) is 23.1. The first kappa shape index (κ1) is 14.5. The van der Waals surface area contributed by atoms with Crippen LogP contribution in [0.2, 0.25) is 0 Å². The molecule has 17 heavy (non-hydrogen) atoms. The van der Waals surface area contributed by atoms with Gasteiger partial charge in [0.25, 0.3) is 0 Å². The molecule has 0 saturated carbocycles. The molecule has 1 aliphatic carbocycles. The second-order valence-corrected chi connectivity index (χ2v) is 5.08. The molecule has 1 aromatic carbocycles. The van der Waals surface area contributed by atoms with Gasteiger partial charge in [0.2, 0.25) is 0 Å². The topological polar surface area (TPSA) is 32.3 Å². The van der Waals surface area contributed by atoms with Gasteiger partial charge in [-0.15, -0.1) is 12.4 Å². The van der Waals surface area contributed by atoms with Gasteiger partial charge in [-0.3, -0.25) is 0 Å². The van der Waals surface area contributed by atoms with Crippen molar-refractivity contribution in [2.24, 2.45) is 0 Å². The lowest BCUT2D eigenvalue weighted by Gasteiger charge is -2.35. The monoisotopic (exact) mass is 255 g/mol. The molecular weight excluding hydrogens is 234 g/mol. The van der Waals surface area contributed by atoms with E-state index in [9.17, 15) is 5.11 Å². The minimum Gasteiger partial charge on any atom is -0.384 e. The number of benzene rings is 1. The highest BCUT2D eigenvalue weighted by Crippen LogP contribution is 2.34. The van der Waals surface area contributed by atoms with Crippen molar-refractivity contribution in [3.05, 3.63) is 35.4 Å². The average molecular weight is 256 g/mol. The van der Waals surface area contributed by atoms with E-state index in [1.54, 1.807) is 0 Å². The summed E-state index contributed by atoms with van der Waals surface area (Å²) in [4.78, 5) is 0. The van der Waals surface area contributed by atoms with Gasteiger partial charge in [-0.05, 0) is 30.4 Å². The molecule has 0 fully saturated rings. The van der Waals surface area contributed by atoms with Crippen LogP contribution in [0, 0.1) is 0 Å². The summed E-state index contributed by atoms with van der Waals surface area (Å²) in [7, 11) is 0. The largest absolute Gasteiger partial charge is 0.384 e. The quantitative estimate of drug-likeness (QED) is 0.870. The number of rotatable bonds is 3. The second kappa shape index (κ2) is 5.85. The molecule has 0 amide bonds. The Morgan fingerprint density at radius 2 is 2.06 bits per heavy atom. The van der Waals surface area contributed by atoms with E-state index < -0.39 is 5.60 Å². The zero-order valence-electron chi connectivity index (χ0n) is 10.6. The molecule has 0 aliphatic heterocycles. The maximum absolute atomic E-state index is 10.7. The lowest BCUT2D eigenvalue weighted by Crippen LogP contribution is -2.43. The first-order valence-corrected chi connectivity index (χ1v) is 6.16. The SMILES string of the molecule is CC(C)NCC1(O)CCCc2ccccc21.Cl. The number of hydrogen-bond donors (Lipinski definition) is 2. The molecule has 0 bridgehead atoms. The van der Waals surface area contributed by atoms with Gasteiger partial charge in [0.05, 0.1) is 0 Å². The van der Waals surface area contributed by atoms with E-state index in [1.807, 2.05) is 6.07 Å². The van der Waals surface area contributed by atoms with Crippen molar-refractivity contribution in [1.29, 1.82) is 0 Å². The van der Waals surface area contributed by atoms with Gasteiger partial charge in [-0.2, -0.15) is 0 Å². The molecule has 1 aromatic rings. The van der Waals surface area contributed by atoms with Crippen molar-refractivity contribution in [1.82, 2.24) is 5.32 Å². The van der Waals surface area contributed by atoms with Crippen molar-refractivity contribution >= 4 is 12.4 Å². The average Bonchev–Trinajstić information content (AvgIpc) is 2.27. The summed E-state index contributed by atoms with van der Waals surface area (Å²) in [5.41, 5.74) is 1.76. The van der Waals surface area contributed by atoms with Crippen molar-refractivity contribution in [2.45, 2.75) is 44.8 Å². The number of halogens is 1. The summed E-state index contributed by atoms with van der Waals surface area (Å²) in [6, 6.07) is 8.69. The summed E-state index contributed by atoms with van der Waals surface area (Å²) in [5.74, 6) is 0. The van der Waals surface area contributed by atoms with Crippen LogP contribution in [0.4, 0.5) is 0 Å². The zero-order valence-corrected chi connectivity index (χ0v) is 11.4. The zero-order chi connectivity index (χ0) is 11.6. The molecule has 0 aromatic heterocycles. The lowest BCUT2D eigenvalue weighted by molar-refractivity contribution is 0.0175. The van der Waals surface area contributed by atoms with Gasteiger partial charge in [-0.25, -0.2) is 0 Å². The van der Waals surface area contributed by atoms with Gasteiger partial charge in [0.1, 0.15) is 5.60 Å². The molecule has 96 valence electrons. The van der Waals surface area contributed by atoms with Gasteiger partial charge in [0.15, 0.2) is 0 Å². The number of fused-ring (bicyclic) bond motifs is 1. The standard InChI is InChI=1S/C14H21NO.ClH/c1-11(2)15-10-14(16)9-5-7-12-6-3-4-8-13(12)14;/h3-4,6,8,11,15-16H,5,7,9-10H2,1-2H3;1H. The smallest absolute Gasteiger partial charge is 0.102 e. The van der Waals surface area contributed by atoms with E-state index in [-0.39, 0.29) is 12.4 Å². The van der Waals surface area contributed by atoms with E-state index in [0.29, 0.717) is 12.6 Å². The van der Waals surface area contributed by atoms with Gasteiger partial charge in [0, 0.05) is 12.6 Å². The molecule has 1 atom stereocenters. The molecule has 0 heterocycles. The van der Waals surface area contributed by atoms with Crippen molar-refractivity contribution < 1.29 is 5.11 Å². The Hall–Kier alpha value is -0.570. The maximum Gasteiger partial charge on any atom is 0.102 e. The van der Waals surface area contributed by atoms with Gasteiger partial charge < -0.3 is 10.4 Å². The van der Waals surface area contributed by atoms with Crippen LogP contribution < -0.4 is 5.32 Å². The molecular formula is C14H22ClNO. The van der Waals surface area contributed by atoms with Crippen LogP contribution in [0.5, 0.6) is 0 Å². The summed E-state index contributed by atoms with van der Waals surface area (Å²) < 4.78 is 0. The fourth-order valence-electron chi connectivity index (χ4n) is 2.45. The van der Waals surface area contributed by atoms with Crippen LogP contribution in [-0.2, 0) is 12.0 Å². The van der Waals surface area contributed by atoms with E-state index >= 15 is 0 Å². The third-order valence-electron chi connectivity index (χ3n) is 3.36. The Morgan fingerprint density at radius 3 is 2.76 bits per heavy atom. The number of nitrogens with one attached hydrogen (secondary N) is 1. The number of aryl methyl sites for hydroxylation is 1. The summed E-state index contributed by atoms with van der Waals surface area (Å²) >= 11 is 0.